The summed E-state index contributed by atoms with van der Waals surface area (Å²) in [5.74, 6) is 0.662. The van der Waals surface area contributed by atoms with E-state index in [2.05, 4.69) is 163 Å². The fraction of sp³-hybridized carbons (Fsp3) is 0.154. The van der Waals surface area contributed by atoms with Gasteiger partial charge in [-0.1, -0.05) is 103 Å². The maximum absolute atomic E-state index is 2.59. The summed E-state index contributed by atoms with van der Waals surface area (Å²) in [5.41, 5.74) is 21.8. The summed E-state index contributed by atoms with van der Waals surface area (Å²) in [6.45, 7) is 13.6. The smallest absolute Gasteiger partial charge is 0.0137 e. The van der Waals surface area contributed by atoms with E-state index in [4.69, 9.17) is 0 Å². The van der Waals surface area contributed by atoms with Crippen molar-refractivity contribution in [3.63, 3.8) is 0 Å². The maximum Gasteiger partial charge on any atom is 0.0137 e. The Balaban J connectivity index is 1.21. The van der Waals surface area contributed by atoms with Crippen molar-refractivity contribution in [1.29, 1.82) is 0 Å². The van der Waals surface area contributed by atoms with Crippen LogP contribution in [0.5, 0.6) is 0 Å². The van der Waals surface area contributed by atoms with Gasteiger partial charge < -0.3 is 0 Å². The summed E-state index contributed by atoms with van der Waals surface area (Å²) in [6.07, 6.45) is 7.46. The molecule has 0 spiro atoms. The van der Waals surface area contributed by atoms with E-state index in [1.807, 2.05) is 0 Å². The van der Waals surface area contributed by atoms with Gasteiger partial charge in [0, 0.05) is 11.8 Å². The zero-order chi connectivity index (χ0) is 35.2. The zero-order valence-electron chi connectivity index (χ0n) is 30.7. The Morgan fingerprint density at radius 1 is 0.385 bits per heavy atom. The lowest BCUT2D eigenvalue weighted by Crippen LogP contribution is -2.06. The van der Waals surface area contributed by atoms with E-state index >= 15 is 0 Å². The summed E-state index contributed by atoms with van der Waals surface area (Å²) in [7, 11) is 0. The van der Waals surface area contributed by atoms with Crippen LogP contribution in [0.2, 0.25) is 0 Å². The summed E-state index contributed by atoms with van der Waals surface area (Å²) < 4.78 is 0. The van der Waals surface area contributed by atoms with E-state index in [-0.39, 0.29) is 0 Å². The number of rotatable bonds is 2. The molecule has 0 radical (unpaired) electrons. The molecule has 2 unspecified atom stereocenters. The van der Waals surface area contributed by atoms with Crippen LogP contribution in [0.4, 0.5) is 0 Å². The third kappa shape index (κ3) is 3.82. The zero-order valence-corrected chi connectivity index (χ0v) is 30.7. The minimum absolute atomic E-state index is 0.308. The van der Waals surface area contributed by atoms with Crippen molar-refractivity contribution in [2.24, 2.45) is 0 Å². The minimum atomic E-state index is 0.308. The van der Waals surface area contributed by atoms with E-state index in [9.17, 15) is 0 Å². The van der Waals surface area contributed by atoms with Gasteiger partial charge in [0.2, 0.25) is 0 Å². The van der Waals surface area contributed by atoms with Crippen molar-refractivity contribution in [1.82, 2.24) is 0 Å². The maximum atomic E-state index is 2.59. The van der Waals surface area contributed by atoms with Crippen molar-refractivity contribution < 1.29 is 0 Å². The standard InChI is InChI=1S/C52H40/c1-27-9-7-10-28(2)47(27)33-15-19-35-37-17-13-31(5)49-39-21-22-40-44(43(39)25-45(51(37)49)41(35)23-33)26-46-42-24-34(48-29(3)11-8-12-30(48)4)16-20-36(42)38-18-14-32(6)50(40)52(38)46/h7-26,35,41H,1-6H3. The molecule has 0 aromatic heterocycles. The van der Waals surface area contributed by atoms with Crippen molar-refractivity contribution in [2.45, 2.75) is 53.4 Å². The predicted molar refractivity (Wildman–Crippen MR) is 224 cm³/mol. The normalized spacial score (nSPS) is 16.7. The number of hydrogen-bond donors (Lipinski definition) is 0. The third-order valence-corrected chi connectivity index (χ3v) is 12.9. The Morgan fingerprint density at radius 2 is 1.00 bits per heavy atom. The summed E-state index contributed by atoms with van der Waals surface area (Å²) in [6, 6.07) is 40.0. The molecule has 0 N–H and O–H groups in total. The van der Waals surface area contributed by atoms with Gasteiger partial charge in [-0.15, -0.1) is 0 Å². The second kappa shape index (κ2) is 10.4. The summed E-state index contributed by atoms with van der Waals surface area (Å²) >= 11 is 0. The number of hydrogen-bond acceptors (Lipinski definition) is 0. The van der Waals surface area contributed by atoms with Gasteiger partial charge in [0.25, 0.3) is 0 Å². The quantitative estimate of drug-likeness (QED) is 0.161. The van der Waals surface area contributed by atoms with Gasteiger partial charge >= 0.3 is 0 Å². The minimum Gasteiger partial charge on any atom is -0.0755 e. The van der Waals surface area contributed by atoms with E-state index in [1.54, 1.807) is 0 Å². The van der Waals surface area contributed by atoms with Gasteiger partial charge in [0.1, 0.15) is 0 Å². The first-order valence-corrected chi connectivity index (χ1v) is 18.9. The number of benzene rings is 8. The number of aryl methyl sites for hydroxylation is 6. The molecule has 8 aromatic rings. The molecular weight excluding hydrogens is 625 g/mol. The molecular formula is C52H40. The Bertz CT molecular complexity index is 2980. The Morgan fingerprint density at radius 3 is 1.71 bits per heavy atom. The van der Waals surface area contributed by atoms with Gasteiger partial charge in [-0.05, 0) is 192 Å². The van der Waals surface area contributed by atoms with Gasteiger partial charge in [-0.3, -0.25) is 0 Å². The molecule has 0 fully saturated rings. The molecule has 0 heterocycles. The van der Waals surface area contributed by atoms with E-state index in [0.717, 1.165) is 0 Å². The van der Waals surface area contributed by atoms with E-state index in [1.165, 1.54) is 132 Å². The van der Waals surface area contributed by atoms with Crippen molar-refractivity contribution >= 4 is 48.7 Å². The fourth-order valence-electron chi connectivity index (χ4n) is 10.6. The molecule has 0 saturated carbocycles. The summed E-state index contributed by atoms with van der Waals surface area (Å²) in [4.78, 5) is 0. The molecule has 0 bridgehead atoms. The lowest BCUT2D eigenvalue weighted by Gasteiger charge is -2.23. The van der Waals surface area contributed by atoms with Crippen LogP contribution >= 0.6 is 0 Å². The molecule has 248 valence electrons. The number of allylic oxidation sites excluding steroid dienone is 4. The van der Waals surface area contributed by atoms with E-state index < -0.39 is 0 Å². The molecule has 8 aromatic carbocycles. The molecule has 11 rings (SSSR count). The highest BCUT2D eigenvalue weighted by Gasteiger charge is 2.35. The SMILES string of the molecule is Cc1cccc(C)c1C1=CC2c3cc4c5cc6c7c(ccc(C)c7c5ccc4c4c(C)ccc(c34)C2C=C1)-c1ccc(-c2c(C)cccc2C)cc1-6. The monoisotopic (exact) mass is 664 g/mol. The Kier molecular flexibility index (Phi) is 6.01. The first-order chi connectivity index (χ1) is 25.3. The lowest BCUT2D eigenvalue weighted by molar-refractivity contribution is 0.772. The molecule has 3 aliphatic carbocycles. The first kappa shape index (κ1) is 30.0. The molecule has 0 amide bonds. The predicted octanol–water partition coefficient (Wildman–Crippen LogP) is 14.3. The van der Waals surface area contributed by atoms with Gasteiger partial charge in [-0.25, -0.2) is 0 Å². The molecule has 2 atom stereocenters. The van der Waals surface area contributed by atoms with Crippen LogP contribution in [0.1, 0.15) is 61.9 Å². The second-order valence-electron chi connectivity index (χ2n) is 15.9. The van der Waals surface area contributed by atoms with Gasteiger partial charge in [0.15, 0.2) is 0 Å². The Labute approximate surface area is 305 Å². The molecule has 52 heavy (non-hydrogen) atoms. The Hall–Kier alpha value is -5.72. The molecule has 0 heteroatoms. The van der Waals surface area contributed by atoms with Crippen LogP contribution in [0, 0.1) is 41.5 Å². The third-order valence-electron chi connectivity index (χ3n) is 12.9. The largest absolute Gasteiger partial charge is 0.0755 e. The van der Waals surface area contributed by atoms with Crippen LogP contribution < -0.4 is 0 Å². The average molecular weight is 665 g/mol. The molecule has 0 nitrogen and oxygen atoms in total. The molecule has 0 aliphatic heterocycles. The number of fused-ring (bicyclic) bond motifs is 11. The molecule has 0 saturated heterocycles. The topological polar surface area (TPSA) is 0 Å². The van der Waals surface area contributed by atoms with Gasteiger partial charge in [0.05, 0.1) is 0 Å². The van der Waals surface area contributed by atoms with Gasteiger partial charge in [-0.2, -0.15) is 0 Å². The van der Waals surface area contributed by atoms with E-state index in [0.29, 0.717) is 11.8 Å². The van der Waals surface area contributed by atoms with Crippen LogP contribution in [0.25, 0.3) is 82.0 Å². The van der Waals surface area contributed by atoms with Crippen LogP contribution in [-0.2, 0) is 0 Å². The molecule has 3 aliphatic rings. The van der Waals surface area contributed by atoms with Crippen LogP contribution in [-0.4, -0.2) is 0 Å². The van der Waals surface area contributed by atoms with Crippen molar-refractivity contribution in [3.8, 4) is 33.4 Å². The van der Waals surface area contributed by atoms with Crippen molar-refractivity contribution in [3.05, 3.63) is 171 Å². The second-order valence-corrected chi connectivity index (χ2v) is 15.9. The fourth-order valence-corrected chi connectivity index (χ4v) is 10.6. The highest BCUT2D eigenvalue weighted by atomic mass is 14.4. The highest BCUT2D eigenvalue weighted by Crippen LogP contribution is 2.56. The average Bonchev–Trinajstić information content (AvgIpc) is 3.62. The van der Waals surface area contributed by atoms with Crippen LogP contribution in [0.15, 0.2) is 121 Å². The van der Waals surface area contributed by atoms with Crippen LogP contribution in [0.3, 0.4) is 0 Å². The summed E-state index contributed by atoms with van der Waals surface area (Å²) in [5, 5.41) is 11.2. The van der Waals surface area contributed by atoms with Crippen molar-refractivity contribution in [2.75, 3.05) is 0 Å². The lowest BCUT2D eigenvalue weighted by atomic mass is 9.80. The first-order valence-electron chi connectivity index (χ1n) is 18.9. The highest BCUT2D eigenvalue weighted by molar-refractivity contribution is 6.30.